The Morgan fingerprint density at radius 1 is 1.56 bits per heavy atom. The van der Waals surface area contributed by atoms with Crippen molar-refractivity contribution in [1.29, 1.82) is 5.26 Å². The number of carbonyl (C=O) groups is 2. The first-order valence-electron chi connectivity index (χ1n) is 6.19. The number of hydrogen-bond acceptors (Lipinski definition) is 4. The van der Waals surface area contributed by atoms with Gasteiger partial charge in [0.25, 0.3) is 5.91 Å². The van der Waals surface area contributed by atoms with Gasteiger partial charge in [0.15, 0.2) is 6.61 Å². The smallest absolute Gasteiger partial charge is 0.309 e. The van der Waals surface area contributed by atoms with Crippen LogP contribution in [0.2, 0.25) is 0 Å². The number of rotatable bonds is 5. The van der Waals surface area contributed by atoms with E-state index in [0.717, 1.165) is 6.42 Å². The van der Waals surface area contributed by atoms with Gasteiger partial charge in [-0.15, -0.1) is 0 Å². The molecule has 0 saturated heterocycles. The van der Waals surface area contributed by atoms with Gasteiger partial charge in [-0.3, -0.25) is 9.59 Å². The van der Waals surface area contributed by atoms with E-state index >= 15 is 0 Å². The van der Waals surface area contributed by atoms with Crippen molar-refractivity contribution in [3.05, 3.63) is 0 Å². The van der Waals surface area contributed by atoms with E-state index in [0.29, 0.717) is 5.92 Å². The van der Waals surface area contributed by atoms with Crippen LogP contribution >= 0.6 is 0 Å². The minimum Gasteiger partial charge on any atom is -0.455 e. The third-order valence-electron chi connectivity index (χ3n) is 3.54. The van der Waals surface area contributed by atoms with Crippen molar-refractivity contribution >= 4 is 11.9 Å². The Balaban J connectivity index is 2.38. The van der Waals surface area contributed by atoms with Crippen LogP contribution in [0.15, 0.2) is 0 Å². The van der Waals surface area contributed by atoms with Gasteiger partial charge >= 0.3 is 5.97 Å². The minimum absolute atomic E-state index is 0.0226. The Kier molecular flexibility index (Phi) is 4.33. The van der Waals surface area contributed by atoms with Crippen LogP contribution in [-0.2, 0) is 14.3 Å². The van der Waals surface area contributed by atoms with Gasteiger partial charge in [0.2, 0.25) is 0 Å². The first kappa shape index (κ1) is 14.5. The molecule has 1 rings (SSSR count). The van der Waals surface area contributed by atoms with Crippen molar-refractivity contribution in [2.24, 2.45) is 17.8 Å². The molecule has 5 heteroatoms. The molecule has 3 atom stereocenters. The minimum atomic E-state index is -0.934. The first-order valence-corrected chi connectivity index (χ1v) is 6.19. The molecular weight excluding hydrogens is 232 g/mol. The summed E-state index contributed by atoms with van der Waals surface area (Å²) >= 11 is 0. The SMILES string of the molecule is CC1CC1C(=O)OCC(=O)NC(C)(C#N)C(C)C. The van der Waals surface area contributed by atoms with Gasteiger partial charge in [0.05, 0.1) is 12.0 Å². The van der Waals surface area contributed by atoms with E-state index in [-0.39, 0.29) is 24.4 Å². The zero-order valence-corrected chi connectivity index (χ0v) is 11.3. The molecule has 0 radical (unpaired) electrons. The lowest BCUT2D eigenvalue weighted by molar-refractivity contribution is -0.150. The highest BCUT2D eigenvalue weighted by Gasteiger charge is 2.40. The van der Waals surface area contributed by atoms with Gasteiger partial charge in [-0.05, 0) is 25.2 Å². The van der Waals surface area contributed by atoms with Crippen LogP contribution in [0.5, 0.6) is 0 Å². The van der Waals surface area contributed by atoms with Crippen molar-refractivity contribution in [3.8, 4) is 6.07 Å². The van der Waals surface area contributed by atoms with Gasteiger partial charge < -0.3 is 10.1 Å². The number of nitriles is 1. The van der Waals surface area contributed by atoms with Crippen molar-refractivity contribution in [3.63, 3.8) is 0 Å². The number of hydrogen-bond donors (Lipinski definition) is 1. The zero-order valence-electron chi connectivity index (χ0n) is 11.3. The maximum atomic E-state index is 11.6. The van der Waals surface area contributed by atoms with Crippen LogP contribution in [0.1, 0.15) is 34.1 Å². The molecule has 5 nitrogen and oxygen atoms in total. The molecule has 1 aliphatic carbocycles. The fourth-order valence-corrected chi connectivity index (χ4v) is 1.52. The van der Waals surface area contributed by atoms with Gasteiger partial charge in [0, 0.05) is 0 Å². The molecule has 1 N–H and O–H groups in total. The topological polar surface area (TPSA) is 79.2 Å². The van der Waals surface area contributed by atoms with E-state index in [1.54, 1.807) is 6.92 Å². The molecule has 18 heavy (non-hydrogen) atoms. The van der Waals surface area contributed by atoms with Crippen molar-refractivity contribution in [2.45, 2.75) is 39.7 Å². The number of nitrogens with one attached hydrogen (secondary N) is 1. The third-order valence-corrected chi connectivity index (χ3v) is 3.54. The highest BCUT2D eigenvalue weighted by Crippen LogP contribution is 2.38. The summed E-state index contributed by atoms with van der Waals surface area (Å²) in [6.07, 6.45) is 0.836. The number of ether oxygens (including phenoxy) is 1. The van der Waals surface area contributed by atoms with E-state index in [1.807, 2.05) is 20.8 Å². The highest BCUT2D eigenvalue weighted by molar-refractivity contribution is 5.83. The Morgan fingerprint density at radius 2 is 2.11 bits per heavy atom. The van der Waals surface area contributed by atoms with Crippen LogP contribution in [0.3, 0.4) is 0 Å². The molecule has 0 aromatic carbocycles. The predicted octanol–water partition coefficient (Wildman–Crippen LogP) is 1.24. The second kappa shape index (κ2) is 5.38. The third kappa shape index (κ3) is 3.46. The first-order chi connectivity index (χ1) is 8.30. The molecular formula is C13H20N2O3. The predicted molar refractivity (Wildman–Crippen MR) is 65.2 cm³/mol. The molecule has 1 saturated carbocycles. The Hall–Kier alpha value is -1.57. The fraction of sp³-hybridized carbons (Fsp3) is 0.769. The summed E-state index contributed by atoms with van der Waals surface area (Å²) in [5, 5.41) is 11.6. The zero-order chi connectivity index (χ0) is 13.9. The summed E-state index contributed by atoms with van der Waals surface area (Å²) in [5.74, 6) is -0.466. The van der Waals surface area contributed by atoms with Crippen LogP contribution < -0.4 is 5.32 Å². The molecule has 0 aliphatic heterocycles. The maximum absolute atomic E-state index is 11.6. The Morgan fingerprint density at radius 3 is 2.50 bits per heavy atom. The van der Waals surface area contributed by atoms with E-state index < -0.39 is 11.4 Å². The Labute approximate surface area is 107 Å². The number of carbonyl (C=O) groups excluding carboxylic acids is 2. The number of amides is 1. The molecule has 0 aromatic heterocycles. The van der Waals surface area contributed by atoms with E-state index in [4.69, 9.17) is 10.00 Å². The monoisotopic (exact) mass is 252 g/mol. The van der Waals surface area contributed by atoms with Crippen LogP contribution in [0.25, 0.3) is 0 Å². The fourth-order valence-electron chi connectivity index (χ4n) is 1.52. The van der Waals surface area contributed by atoms with E-state index in [1.165, 1.54) is 0 Å². The highest BCUT2D eigenvalue weighted by atomic mass is 16.5. The molecule has 0 aromatic rings. The molecule has 0 spiro atoms. The lowest BCUT2D eigenvalue weighted by atomic mass is 9.90. The summed E-state index contributed by atoms with van der Waals surface area (Å²) in [5.41, 5.74) is -0.934. The molecule has 1 fully saturated rings. The lowest BCUT2D eigenvalue weighted by Gasteiger charge is -2.27. The quantitative estimate of drug-likeness (QED) is 0.747. The van der Waals surface area contributed by atoms with Gasteiger partial charge in [-0.1, -0.05) is 20.8 Å². The summed E-state index contributed by atoms with van der Waals surface area (Å²) in [6, 6.07) is 2.07. The van der Waals surface area contributed by atoms with E-state index in [9.17, 15) is 9.59 Å². The van der Waals surface area contributed by atoms with E-state index in [2.05, 4.69) is 11.4 Å². The second-order valence-electron chi connectivity index (χ2n) is 5.44. The summed E-state index contributed by atoms with van der Waals surface area (Å²) in [6.45, 7) is 7.01. The van der Waals surface area contributed by atoms with Gasteiger partial charge in [0.1, 0.15) is 5.54 Å². The lowest BCUT2D eigenvalue weighted by Crippen LogP contribution is -2.50. The largest absolute Gasteiger partial charge is 0.455 e. The number of esters is 1. The molecule has 1 aliphatic rings. The molecule has 0 heterocycles. The summed E-state index contributed by atoms with van der Waals surface area (Å²) < 4.78 is 4.91. The standard InChI is InChI=1S/C13H20N2O3/c1-8(2)13(4,7-14)15-11(16)6-18-12(17)10-5-9(10)3/h8-10H,5-6H2,1-4H3,(H,15,16). The maximum Gasteiger partial charge on any atom is 0.309 e. The van der Waals surface area contributed by atoms with Crippen LogP contribution in [-0.4, -0.2) is 24.0 Å². The van der Waals surface area contributed by atoms with Crippen molar-refractivity contribution in [2.75, 3.05) is 6.61 Å². The summed E-state index contributed by atoms with van der Waals surface area (Å²) in [7, 11) is 0. The summed E-state index contributed by atoms with van der Waals surface area (Å²) in [4.78, 5) is 23.0. The molecule has 100 valence electrons. The van der Waals surface area contributed by atoms with Crippen LogP contribution in [0.4, 0.5) is 0 Å². The van der Waals surface area contributed by atoms with Crippen LogP contribution in [0, 0.1) is 29.1 Å². The van der Waals surface area contributed by atoms with Crippen molar-refractivity contribution < 1.29 is 14.3 Å². The van der Waals surface area contributed by atoms with Gasteiger partial charge in [-0.25, -0.2) is 0 Å². The normalized spacial score (nSPS) is 24.9. The Bertz CT molecular complexity index is 386. The molecule has 0 bridgehead atoms. The molecule has 3 unspecified atom stereocenters. The van der Waals surface area contributed by atoms with Crippen molar-refractivity contribution in [1.82, 2.24) is 5.32 Å². The average molecular weight is 252 g/mol. The van der Waals surface area contributed by atoms with Gasteiger partial charge in [-0.2, -0.15) is 5.26 Å². The average Bonchev–Trinajstić information content (AvgIpc) is 3.03. The number of nitrogens with zero attached hydrogens (tertiary/aromatic N) is 1. The molecule has 1 amide bonds. The second-order valence-corrected chi connectivity index (χ2v) is 5.44.